The zero-order valence-corrected chi connectivity index (χ0v) is 21.9. The predicted octanol–water partition coefficient (Wildman–Crippen LogP) is 4.72. The second-order valence-corrected chi connectivity index (χ2v) is 12.9. The highest BCUT2D eigenvalue weighted by Gasteiger charge is 2.33. The van der Waals surface area contributed by atoms with Crippen LogP contribution in [0.2, 0.25) is 0 Å². The molecule has 0 spiro atoms. The van der Waals surface area contributed by atoms with Gasteiger partial charge in [-0.15, -0.1) is 0 Å². The molecule has 1 aromatic rings. The summed E-state index contributed by atoms with van der Waals surface area (Å²) >= 11 is 0. The number of hydrogen-bond acceptors (Lipinski definition) is 4. The number of nitrogens with zero attached hydrogens (tertiary/aromatic N) is 1. The van der Waals surface area contributed by atoms with Gasteiger partial charge in [-0.25, -0.2) is 13.1 Å². The number of sulfonamides is 1. The van der Waals surface area contributed by atoms with Gasteiger partial charge in [-0.3, -0.25) is 0 Å². The Morgan fingerprint density at radius 3 is 2.61 bits per heavy atom. The van der Waals surface area contributed by atoms with Crippen LogP contribution in [0.15, 0.2) is 42.5 Å². The van der Waals surface area contributed by atoms with Crippen LogP contribution in [0.3, 0.4) is 0 Å². The largest absolute Gasteiger partial charge is 0.381 e. The Kier molecular flexibility index (Phi) is 8.82. The summed E-state index contributed by atoms with van der Waals surface area (Å²) in [4.78, 5) is 2.02. The molecule has 0 fully saturated rings. The number of fused-ring (bicyclic) bond motifs is 1. The second kappa shape index (κ2) is 11.2. The highest BCUT2D eigenvalue weighted by atomic mass is 32.2. The van der Waals surface area contributed by atoms with Crippen molar-refractivity contribution < 1.29 is 8.42 Å². The molecule has 1 aliphatic carbocycles. The number of anilines is 1. The van der Waals surface area contributed by atoms with Gasteiger partial charge in [0.1, 0.15) is 0 Å². The monoisotopic (exact) mass is 473 g/mol. The summed E-state index contributed by atoms with van der Waals surface area (Å²) in [5.74, 6) is 1.14. The molecule has 1 heterocycles. The van der Waals surface area contributed by atoms with E-state index in [0.29, 0.717) is 30.8 Å². The van der Waals surface area contributed by atoms with Crippen LogP contribution in [-0.4, -0.2) is 52.3 Å². The maximum Gasteiger partial charge on any atom is 0.211 e. The van der Waals surface area contributed by atoms with E-state index in [-0.39, 0.29) is 11.2 Å². The molecule has 1 unspecified atom stereocenters. The third-order valence-electron chi connectivity index (χ3n) is 6.85. The van der Waals surface area contributed by atoms with E-state index in [2.05, 4.69) is 73.3 Å². The van der Waals surface area contributed by atoms with Crippen molar-refractivity contribution in [2.45, 2.75) is 64.3 Å². The molecule has 184 valence electrons. The van der Waals surface area contributed by atoms with E-state index in [0.717, 1.165) is 32.2 Å². The number of benzene rings is 1. The minimum atomic E-state index is -3.20. The van der Waals surface area contributed by atoms with Crippen molar-refractivity contribution in [3.63, 3.8) is 0 Å². The van der Waals surface area contributed by atoms with Crippen LogP contribution in [0.4, 0.5) is 5.69 Å². The van der Waals surface area contributed by atoms with E-state index < -0.39 is 10.0 Å². The molecule has 0 radical (unpaired) electrons. The molecule has 0 amide bonds. The molecule has 33 heavy (non-hydrogen) atoms. The Hall–Kier alpha value is -1.63. The van der Waals surface area contributed by atoms with Crippen LogP contribution in [0.5, 0.6) is 0 Å². The van der Waals surface area contributed by atoms with E-state index in [9.17, 15) is 8.42 Å². The molecule has 6 heteroatoms. The van der Waals surface area contributed by atoms with Crippen molar-refractivity contribution in [3.05, 3.63) is 53.6 Å². The third kappa shape index (κ3) is 7.69. The molecule has 0 saturated heterocycles. The first kappa shape index (κ1) is 26.0. The van der Waals surface area contributed by atoms with Crippen LogP contribution < -0.4 is 10.0 Å². The first-order chi connectivity index (χ1) is 15.5. The number of hydrogen-bond donors (Lipinski definition) is 2. The minimum absolute atomic E-state index is 0.128. The zero-order chi connectivity index (χ0) is 24.1. The van der Waals surface area contributed by atoms with Crippen molar-refractivity contribution in [2.24, 2.45) is 11.8 Å². The fourth-order valence-electron chi connectivity index (χ4n) is 4.92. The average Bonchev–Trinajstić information content (AvgIpc) is 2.75. The molecule has 1 aliphatic heterocycles. The smallest absolute Gasteiger partial charge is 0.211 e. The van der Waals surface area contributed by atoms with Crippen molar-refractivity contribution >= 4 is 15.7 Å². The van der Waals surface area contributed by atoms with Crippen molar-refractivity contribution in [1.82, 2.24) is 9.62 Å². The minimum Gasteiger partial charge on any atom is -0.381 e. The molecule has 0 bridgehead atoms. The fraction of sp³-hybridized carbons (Fsp3) is 0.630. The Balaban J connectivity index is 1.64. The van der Waals surface area contributed by atoms with E-state index in [1.807, 2.05) is 19.0 Å². The first-order valence-corrected chi connectivity index (χ1v) is 14.1. The summed E-state index contributed by atoms with van der Waals surface area (Å²) in [5, 5.41) is 3.86. The molecule has 3 atom stereocenters. The molecule has 3 rings (SSSR count). The first-order valence-electron chi connectivity index (χ1n) is 12.4. The molecule has 5 nitrogen and oxygen atoms in total. The molecule has 1 aromatic carbocycles. The molecule has 0 saturated carbocycles. The topological polar surface area (TPSA) is 61.4 Å². The SMILES string of the molecule is CN(C)CCCS(=O)(=O)NCCC[C@@H]1Cc2cc(C(C)(C)C)ccc2N[C@H]1C1C=CC=CC1. The molecule has 2 aliphatic rings. The third-order valence-corrected chi connectivity index (χ3v) is 8.32. The summed E-state index contributed by atoms with van der Waals surface area (Å²) < 4.78 is 27.4. The fourth-order valence-corrected chi connectivity index (χ4v) is 6.02. The lowest BCUT2D eigenvalue weighted by Crippen LogP contribution is -2.41. The van der Waals surface area contributed by atoms with Gasteiger partial charge in [0.15, 0.2) is 0 Å². The summed E-state index contributed by atoms with van der Waals surface area (Å²) in [6, 6.07) is 7.25. The number of nitrogens with one attached hydrogen (secondary N) is 2. The second-order valence-electron chi connectivity index (χ2n) is 11.0. The molecular weight excluding hydrogens is 430 g/mol. The summed E-state index contributed by atoms with van der Waals surface area (Å²) in [7, 11) is 0.736. The summed E-state index contributed by atoms with van der Waals surface area (Å²) in [5.41, 5.74) is 4.15. The van der Waals surface area contributed by atoms with Gasteiger partial charge >= 0.3 is 0 Å². The van der Waals surface area contributed by atoms with E-state index in [1.54, 1.807) is 0 Å². The van der Waals surface area contributed by atoms with Crippen LogP contribution in [0, 0.1) is 11.8 Å². The van der Waals surface area contributed by atoms with E-state index in [1.165, 1.54) is 16.8 Å². The molecule has 0 aromatic heterocycles. The van der Waals surface area contributed by atoms with Gasteiger partial charge < -0.3 is 10.2 Å². The normalized spacial score (nSPS) is 22.9. The van der Waals surface area contributed by atoms with Crippen LogP contribution in [0.1, 0.15) is 57.6 Å². The lowest BCUT2D eigenvalue weighted by atomic mass is 9.75. The van der Waals surface area contributed by atoms with Gasteiger partial charge in [0.05, 0.1) is 5.75 Å². The Labute approximate surface area is 201 Å². The standard InChI is InChI=1S/C27H43N3O2S/c1-27(2,3)24-14-15-25-23(20-24)19-22(26(29-25)21-11-7-6-8-12-21)13-9-16-28-33(31,32)18-10-17-30(4)5/h6-8,11,14-15,20-22,26,28-29H,9-10,12-13,16-19H2,1-5H3/t21?,22-,26+/m1/s1. The highest BCUT2D eigenvalue weighted by Crippen LogP contribution is 2.38. The molecular formula is C27H43N3O2S. The van der Waals surface area contributed by atoms with Gasteiger partial charge in [0, 0.05) is 24.2 Å². The predicted molar refractivity (Wildman–Crippen MR) is 140 cm³/mol. The maximum absolute atomic E-state index is 12.3. The van der Waals surface area contributed by atoms with Crippen LogP contribution >= 0.6 is 0 Å². The van der Waals surface area contributed by atoms with Gasteiger partial charge in [-0.2, -0.15) is 0 Å². The number of allylic oxidation sites excluding steroid dienone is 3. The number of rotatable bonds is 10. The van der Waals surface area contributed by atoms with Gasteiger partial charge in [0.2, 0.25) is 10.0 Å². The Morgan fingerprint density at radius 1 is 1.15 bits per heavy atom. The van der Waals surface area contributed by atoms with Gasteiger partial charge in [0.25, 0.3) is 0 Å². The Bertz CT molecular complexity index is 945. The zero-order valence-electron chi connectivity index (χ0n) is 21.1. The van der Waals surface area contributed by atoms with Crippen molar-refractivity contribution in [3.8, 4) is 0 Å². The van der Waals surface area contributed by atoms with Crippen LogP contribution in [-0.2, 0) is 21.9 Å². The van der Waals surface area contributed by atoms with Crippen molar-refractivity contribution in [1.29, 1.82) is 0 Å². The Morgan fingerprint density at radius 2 is 1.94 bits per heavy atom. The average molecular weight is 474 g/mol. The molecule has 2 N–H and O–H groups in total. The highest BCUT2D eigenvalue weighted by molar-refractivity contribution is 7.89. The maximum atomic E-state index is 12.3. The van der Waals surface area contributed by atoms with E-state index >= 15 is 0 Å². The van der Waals surface area contributed by atoms with E-state index in [4.69, 9.17) is 0 Å². The van der Waals surface area contributed by atoms with Crippen molar-refractivity contribution in [2.75, 3.05) is 38.3 Å². The lowest BCUT2D eigenvalue weighted by Gasteiger charge is -2.39. The quantitative estimate of drug-likeness (QED) is 0.483. The lowest BCUT2D eigenvalue weighted by molar-refractivity contribution is 0.332. The van der Waals surface area contributed by atoms with Gasteiger partial charge in [-0.05, 0) is 81.3 Å². The summed E-state index contributed by atoms with van der Waals surface area (Å²) in [6.45, 7) is 8.08. The summed E-state index contributed by atoms with van der Waals surface area (Å²) in [6.07, 6.45) is 13.5. The van der Waals surface area contributed by atoms with Gasteiger partial charge in [-0.1, -0.05) is 57.2 Å². The van der Waals surface area contributed by atoms with Crippen LogP contribution in [0.25, 0.3) is 0 Å².